The number of rotatable bonds is 7. The molecule has 9 nitrogen and oxygen atoms in total. The highest BCUT2D eigenvalue weighted by Crippen LogP contribution is 2.26. The van der Waals surface area contributed by atoms with Crippen molar-refractivity contribution in [1.82, 2.24) is 29.1 Å². The van der Waals surface area contributed by atoms with Crippen LogP contribution in [0.4, 0.5) is 0 Å². The molecule has 0 radical (unpaired) electrons. The van der Waals surface area contributed by atoms with Crippen LogP contribution in [0.25, 0.3) is 5.69 Å². The first kappa shape index (κ1) is 24.3. The van der Waals surface area contributed by atoms with Gasteiger partial charge >= 0.3 is 0 Å². The number of nitrogens with zero attached hydrogens (tertiary/aromatic N) is 6. The summed E-state index contributed by atoms with van der Waals surface area (Å²) in [5.41, 5.74) is 4.99. The van der Waals surface area contributed by atoms with Crippen LogP contribution in [0.3, 0.4) is 0 Å². The first-order valence-electron chi connectivity index (χ1n) is 12.3. The molecular weight excluding hydrogens is 468 g/mol. The molecule has 0 unspecified atom stereocenters. The van der Waals surface area contributed by atoms with E-state index < -0.39 is 0 Å². The predicted octanol–water partition coefficient (Wildman–Crippen LogP) is 3.22. The molecule has 5 rings (SSSR count). The van der Waals surface area contributed by atoms with Gasteiger partial charge in [-0.1, -0.05) is 12.1 Å². The summed E-state index contributed by atoms with van der Waals surface area (Å²) in [6, 6.07) is 15.4. The number of fused-ring (bicyclic) bond motifs is 1. The summed E-state index contributed by atoms with van der Waals surface area (Å²) in [6.45, 7) is 1.58. The molecule has 0 N–H and O–H groups in total. The van der Waals surface area contributed by atoms with Crippen LogP contribution in [0, 0.1) is 0 Å². The summed E-state index contributed by atoms with van der Waals surface area (Å²) >= 11 is 0. The van der Waals surface area contributed by atoms with Crippen molar-refractivity contribution in [2.75, 3.05) is 27.7 Å². The number of ether oxygens (including phenoxy) is 1. The highest BCUT2D eigenvalue weighted by atomic mass is 16.5. The molecule has 2 aromatic carbocycles. The Balaban J connectivity index is 1.36. The van der Waals surface area contributed by atoms with E-state index in [4.69, 9.17) is 9.84 Å². The number of aromatic nitrogens is 4. The van der Waals surface area contributed by atoms with Gasteiger partial charge in [0.05, 0.1) is 20.0 Å². The lowest BCUT2D eigenvalue weighted by Gasteiger charge is -2.28. The monoisotopic (exact) mass is 498 g/mol. The SMILES string of the molecule is COc1ccc(CCn2nc(C(=O)N(C)C)c3c2CCN(C(=O)c2ccc(-n4ccnc4)cc2)C3)cc1. The summed E-state index contributed by atoms with van der Waals surface area (Å²) in [5.74, 6) is 0.607. The number of carbonyl (C=O) groups excluding carboxylic acids is 2. The van der Waals surface area contributed by atoms with Gasteiger partial charge in [0.25, 0.3) is 11.8 Å². The summed E-state index contributed by atoms with van der Waals surface area (Å²) in [6.07, 6.45) is 6.72. The van der Waals surface area contributed by atoms with Gasteiger partial charge in [0.1, 0.15) is 5.75 Å². The summed E-state index contributed by atoms with van der Waals surface area (Å²) in [7, 11) is 5.09. The highest BCUT2D eigenvalue weighted by molar-refractivity contribution is 5.96. The molecule has 0 saturated carbocycles. The maximum absolute atomic E-state index is 13.4. The smallest absolute Gasteiger partial charge is 0.274 e. The number of methoxy groups -OCH3 is 1. The van der Waals surface area contributed by atoms with E-state index in [1.807, 2.05) is 64.0 Å². The second kappa shape index (κ2) is 10.3. The van der Waals surface area contributed by atoms with Crippen molar-refractivity contribution in [2.24, 2.45) is 0 Å². The Morgan fingerprint density at radius 2 is 1.81 bits per heavy atom. The van der Waals surface area contributed by atoms with E-state index in [2.05, 4.69) is 4.98 Å². The van der Waals surface area contributed by atoms with Crippen LogP contribution < -0.4 is 4.74 Å². The third-order valence-electron chi connectivity index (χ3n) is 6.72. The molecule has 2 aromatic heterocycles. The lowest BCUT2D eigenvalue weighted by atomic mass is 10.0. The number of carbonyl (C=O) groups is 2. The Labute approximate surface area is 215 Å². The van der Waals surface area contributed by atoms with Crippen molar-refractivity contribution in [3.8, 4) is 11.4 Å². The van der Waals surface area contributed by atoms with E-state index in [-0.39, 0.29) is 11.8 Å². The van der Waals surface area contributed by atoms with Gasteiger partial charge < -0.3 is 19.1 Å². The van der Waals surface area contributed by atoms with E-state index in [1.165, 1.54) is 4.90 Å². The molecule has 0 bridgehead atoms. The van der Waals surface area contributed by atoms with Crippen molar-refractivity contribution in [2.45, 2.75) is 25.9 Å². The van der Waals surface area contributed by atoms with Crippen LogP contribution in [0.1, 0.15) is 37.7 Å². The van der Waals surface area contributed by atoms with Crippen molar-refractivity contribution in [1.29, 1.82) is 0 Å². The topological polar surface area (TPSA) is 85.5 Å². The number of benzene rings is 2. The molecule has 0 atom stereocenters. The Bertz CT molecular complexity index is 1390. The number of amides is 2. The van der Waals surface area contributed by atoms with Gasteiger partial charge in [0.2, 0.25) is 0 Å². The fourth-order valence-corrected chi connectivity index (χ4v) is 4.63. The van der Waals surface area contributed by atoms with E-state index in [0.717, 1.165) is 34.7 Å². The Morgan fingerprint density at radius 3 is 2.46 bits per heavy atom. The van der Waals surface area contributed by atoms with Crippen LogP contribution in [0.15, 0.2) is 67.3 Å². The summed E-state index contributed by atoms with van der Waals surface area (Å²) < 4.78 is 9.08. The normalized spacial score (nSPS) is 12.8. The van der Waals surface area contributed by atoms with E-state index in [9.17, 15) is 9.59 Å². The van der Waals surface area contributed by atoms with E-state index >= 15 is 0 Å². The van der Waals surface area contributed by atoms with Gasteiger partial charge in [-0.15, -0.1) is 0 Å². The molecule has 0 saturated heterocycles. The van der Waals surface area contributed by atoms with Crippen LogP contribution in [0.2, 0.25) is 0 Å². The fraction of sp³-hybridized carbons (Fsp3) is 0.286. The summed E-state index contributed by atoms with van der Waals surface area (Å²) in [5, 5.41) is 4.72. The minimum atomic E-state index is -0.154. The van der Waals surface area contributed by atoms with Gasteiger partial charge in [-0.3, -0.25) is 14.3 Å². The lowest BCUT2D eigenvalue weighted by molar-refractivity contribution is 0.0726. The molecule has 2 amide bonds. The molecule has 4 aromatic rings. The quantitative estimate of drug-likeness (QED) is 0.391. The molecule has 0 fully saturated rings. The third-order valence-corrected chi connectivity index (χ3v) is 6.72. The Hall–Kier alpha value is -4.40. The zero-order valence-electron chi connectivity index (χ0n) is 21.3. The minimum absolute atomic E-state index is 0.0583. The maximum Gasteiger partial charge on any atom is 0.274 e. The molecule has 37 heavy (non-hydrogen) atoms. The molecule has 0 spiro atoms. The second-order valence-electron chi connectivity index (χ2n) is 9.29. The average molecular weight is 499 g/mol. The fourth-order valence-electron chi connectivity index (χ4n) is 4.63. The standard InChI is InChI=1S/C28H30N6O3/c1-31(2)28(36)26-24-18-32(27(35)21-6-8-22(9-7-21)33-17-14-29-19-33)15-13-25(24)34(30-26)16-12-20-4-10-23(37-3)11-5-20/h4-11,14,17,19H,12-13,15-16,18H2,1-3H3. The van der Waals surface area contributed by atoms with E-state index in [1.54, 1.807) is 38.6 Å². The van der Waals surface area contributed by atoms with Gasteiger partial charge in [-0.25, -0.2) is 4.98 Å². The second-order valence-corrected chi connectivity index (χ2v) is 9.29. The van der Waals surface area contributed by atoms with E-state index in [0.29, 0.717) is 37.3 Å². The van der Waals surface area contributed by atoms with Crippen LogP contribution in [-0.4, -0.2) is 68.7 Å². The third kappa shape index (κ3) is 4.97. The molecule has 1 aliphatic heterocycles. The number of imidazole rings is 1. The molecular formula is C28H30N6O3. The first-order chi connectivity index (χ1) is 17.9. The Morgan fingerprint density at radius 1 is 1.05 bits per heavy atom. The highest BCUT2D eigenvalue weighted by Gasteiger charge is 2.31. The summed E-state index contributed by atoms with van der Waals surface area (Å²) in [4.78, 5) is 33.8. The van der Waals surface area contributed by atoms with Gasteiger partial charge in [0, 0.05) is 68.5 Å². The lowest BCUT2D eigenvalue weighted by Crippen LogP contribution is -2.37. The Kier molecular flexibility index (Phi) is 6.76. The van der Waals surface area contributed by atoms with Gasteiger partial charge in [-0.05, 0) is 48.4 Å². The molecule has 3 heterocycles. The van der Waals surface area contributed by atoms with Crippen molar-refractivity contribution in [3.05, 3.63) is 95.3 Å². The zero-order valence-corrected chi connectivity index (χ0v) is 21.3. The first-order valence-corrected chi connectivity index (χ1v) is 12.3. The average Bonchev–Trinajstić information content (AvgIpc) is 3.60. The molecule has 190 valence electrons. The van der Waals surface area contributed by atoms with Gasteiger partial charge in [0.15, 0.2) is 5.69 Å². The minimum Gasteiger partial charge on any atom is -0.497 e. The largest absolute Gasteiger partial charge is 0.497 e. The van der Waals surface area contributed by atoms with Crippen molar-refractivity contribution < 1.29 is 14.3 Å². The molecule has 1 aliphatic rings. The maximum atomic E-state index is 13.4. The van der Waals surface area contributed by atoms with Gasteiger partial charge in [-0.2, -0.15) is 5.10 Å². The predicted molar refractivity (Wildman–Crippen MR) is 139 cm³/mol. The van der Waals surface area contributed by atoms with Crippen LogP contribution in [-0.2, 0) is 25.9 Å². The molecule has 9 heteroatoms. The molecule has 0 aliphatic carbocycles. The number of hydrogen-bond acceptors (Lipinski definition) is 5. The van der Waals surface area contributed by atoms with Crippen LogP contribution in [0.5, 0.6) is 5.75 Å². The zero-order chi connectivity index (χ0) is 25.9. The van der Waals surface area contributed by atoms with Crippen molar-refractivity contribution >= 4 is 11.8 Å². The number of hydrogen-bond donors (Lipinski definition) is 0. The van der Waals surface area contributed by atoms with Crippen LogP contribution >= 0.6 is 0 Å². The number of aryl methyl sites for hydroxylation is 2. The van der Waals surface area contributed by atoms with Crippen molar-refractivity contribution in [3.63, 3.8) is 0 Å².